The van der Waals surface area contributed by atoms with Crippen LogP contribution >= 0.6 is 15.9 Å². The molecule has 0 aliphatic carbocycles. The summed E-state index contributed by atoms with van der Waals surface area (Å²) in [4.78, 5) is 25.6. The van der Waals surface area contributed by atoms with Gasteiger partial charge in [0.05, 0.1) is 11.5 Å². The summed E-state index contributed by atoms with van der Waals surface area (Å²) in [5, 5.41) is 0. The van der Waals surface area contributed by atoms with Crippen molar-refractivity contribution >= 4 is 33.4 Å². The molecule has 1 heterocycles. The molecule has 0 bridgehead atoms. The molecule has 2 rings (SSSR count). The van der Waals surface area contributed by atoms with Crippen LogP contribution in [0.5, 0.6) is 0 Å². The third kappa shape index (κ3) is 2.95. The number of nitrogen functional groups attached to an aromatic ring is 1. The number of benzene rings is 1. The molecule has 1 saturated heterocycles. The van der Waals surface area contributed by atoms with Crippen LogP contribution in [-0.4, -0.2) is 29.3 Å². The van der Waals surface area contributed by atoms with Crippen molar-refractivity contribution in [3.63, 3.8) is 0 Å². The highest BCUT2D eigenvalue weighted by Gasteiger charge is 2.32. The summed E-state index contributed by atoms with van der Waals surface area (Å²) >= 11 is 3.32. The first-order valence-electron chi connectivity index (χ1n) is 6.55. The molecule has 1 aliphatic heterocycles. The average molecular weight is 340 g/mol. The summed E-state index contributed by atoms with van der Waals surface area (Å²) in [7, 11) is 0. The highest BCUT2D eigenvalue weighted by atomic mass is 79.9. The summed E-state index contributed by atoms with van der Waals surface area (Å²) < 4.78 is 0.827. The number of halogens is 1. The van der Waals surface area contributed by atoms with Crippen molar-refractivity contribution in [2.45, 2.75) is 25.8 Å². The fraction of sp³-hybridized carbons (Fsp3) is 0.429. The van der Waals surface area contributed by atoms with Crippen LogP contribution in [0.3, 0.4) is 0 Å². The number of hydrogen-bond acceptors (Lipinski definition) is 3. The topological polar surface area (TPSA) is 89.4 Å². The fourth-order valence-corrected chi connectivity index (χ4v) is 2.88. The minimum Gasteiger partial charge on any atom is -0.398 e. The molecular formula is C14H18BrN3O2. The second-order valence-electron chi connectivity index (χ2n) is 5.21. The molecule has 0 aromatic heterocycles. The van der Waals surface area contributed by atoms with Gasteiger partial charge in [-0.1, -0.05) is 15.9 Å². The lowest BCUT2D eigenvalue weighted by Gasteiger charge is -2.37. The van der Waals surface area contributed by atoms with Gasteiger partial charge in [0.2, 0.25) is 5.91 Å². The SMILES string of the molecule is CC1CCC(C(N)=O)CN1C(=O)c1ccc(Br)cc1N. The Morgan fingerprint density at radius 1 is 1.35 bits per heavy atom. The minimum atomic E-state index is -0.349. The molecule has 6 heteroatoms. The van der Waals surface area contributed by atoms with Gasteiger partial charge in [0.25, 0.3) is 5.91 Å². The van der Waals surface area contributed by atoms with E-state index >= 15 is 0 Å². The predicted molar refractivity (Wildman–Crippen MR) is 81.0 cm³/mol. The Hall–Kier alpha value is -1.56. The van der Waals surface area contributed by atoms with Gasteiger partial charge < -0.3 is 16.4 Å². The molecule has 2 amide bonds. The second-order valence-corrected chi connectivity index (χ2v) is 6.13. The van der Waals surface area contributed by atoms with Crippen LogP contribution in [-0.2, 0) is 4.79 Å². The summed E-state index contributed by atoms with van der Waals surface area (Å²) in [6.45, 7) is 2.34. The summed E-state index contributed by atoms with van der Waals surface area (Å²) in [5.74, 6) is -0.765. The summed E-state index contributed by atoms with van der Waals surface area (Å²) in [6.07, 6.45) is 1.51. The monoisotopic (exact) mass is 339 g/mol. The zero-order chi connectivity index (χ0) is 14.9. The van der Waals surface area contributed by atoms with Crippen molar-refractivity contribution < 1.29 is 9.59 Å². The Morgan fingerprint density at radius 2 is 2.05 bits per heavy atom. The number of nitrogens with zero attached hydrogens (tertiary/aromatic N) is 1. The van der Waals surface area contributed by atoms with Crippen molar-refractivity contribution in [2.24, 2.45) is 11.7 Å². The number of hydrogen-bond donors (Lipinski definition) is 2. The number of carbonyl (C=O) groups is 2. The Morgan fingerprint density at radius 3 is 2.65 bits per heavy atom. The highest BCUT2D eigenvalue weighted by Crippen LogP contribution is 2.26. The Kier molecular flexibility index (Phi) is 4.32. The predicted octanol–water partition coefficient (Wildman–Crippen LogP) is 1.76. The van der Waals surface area contributed by atoms with E-state index in [2.05, 4.69) is 15.9 Å². The van der Waals surface area contributed by atoms with Gasteiger partial charge in [-0.15, -0.1) is 0 Å². The van der Waals surface area contributed by atoms with Crippen molar-refractivity contribution in [3.8, 4) is 0 Å². The van der Waals surface area contributed by atoms with Crippen LogP contribution in [0.4, 0.5) is 5.69 Å². The molecule has 2 unspecified atom stereocenters. The van der Waals surface area contributed by atoms with Crippen LogP contribution in [0.15, 0.2) is 22.7 Å². The van der Waals surface area contributed by atoms with E-state index in [0.29, 0.717) is 17.8 Å². The van der Waals surface area contributed by atoms with E-state index in [1.54, 1.807) is 23.1 Å². The number of primary amides is 1. The maximum atomic E-state index is 12.6. The first-order valence-corrected chi connectivity index (χ1v) is 7.34. The number of amides is 2. The van der Waals surface area contributed by atoms with Gasteiger partial charge in [-0.2, -0.15) is 0 Å². The van der Waals surface area contributed by atoms with Crippen LogP contribution in [0.25, 0.3) is 0 Å². The van der Waals surface area contributed by atoms with Crippen LogP contribution in [0.1, 0.15) is 30.1 Å². The molecule has 1 aromatic carbocycles. The van der Waals surface area contributed by atoms with Crippen LogP contribution in [0, 0.1) is 5.92 Å². The van der Waals surface area contributed by atoms with Crippen molar-refractivity contribution in [2.75, 3.05) is 12.3 Å². The van der Waals surface area contributed by atoms with Crippen LogP contribution in [0.2, 0.25) is 0 Å². The lowest BCUT2D eigenvalue weighted by Crippen LogP contribution is -2.48. The van der Waals surface area contributed by atoms with E-state index in [0.717, 1.165) is 17.3 Å². The lowest BCUT2D eigenvalue weighted by atomic mass is 9.92. The first-order chi connectivity index (χ1) is 9.40. The molecule has 5 nitrogen and oxygen atoms in total. The molecule has 108 valence electrons. The number of rotatable bonds is 2. The van der Waals surface area contributed by atoms with Gasteiger partial charge >= 0.3 is 0 Å². The first kappa shape index (κ1) is 14.8. The maximum Gasteiger partial charge on any atom is 0.256 e. The summed E-state index contributed by atoms with van der Waals surface area (Å²) in [5.41, 5.74) is 12.1. The largest absolute Gasteiger partial charge is 0.398 e. The third-order valence-corrected chi connectivity index (χ3v) is 4.28. The number of likely N-dealkylation sites (tertiary alicyclic amines) is 1. The summed E-state index contributed by atoms with van der Waals surface area (Å²) in [6, 6.07) is 5.26. The number of nitrogens with two attached hydrogens (primary N) is 2. The highest BCUT2D eigenvalue weighted by molar-refractivity contribution is 9.10. The Labute approximate surface area is 126 Å². The van der Waals surface area contributed by atoms with Crippen molar-refractivity contribution in [1.29, 1.82) is 0 Å². The molecule has 4 N–H and O–H groups in total. The zero-order valence-electron chi connectivity index (χ0n) is 11.3. The third-order valence-electron chi connectivity index (χ3n) is 3.79. The average Bonchev–Trinajstić information content (AvgIpc) is 2.38. The van der Waals surface area contributed by atoms with Crippen molar-refractivity contribution in [1.82, 2.24) is 4.90 Å². The van der Waals surface area contributed by atoms with E-state index in [9.17, 15) is 9.59 Å². The lowest BCUT2D eigenvalue weighted by molar-refractivity contribution is -0.123. The fourth-order valence-electron chi connectivity index (χ4n) is 2.51. The van der Waals surface area contributed by atoms with E-state index in [4.69, 9.17) is 11.5 Å². The second kappa shape index (κ2) is 5.83. The van der Waals surface area contributed by atoms with E-state index in [-0.39, 0.29) is 23.8 Å². The van der Waals surface area contributed by atoms with Gasteiger partial charge in [0, 0.05) is 22.7 Å². The van der Waals surface area contributed by atoms with Gasteiger partial charge in [-0.25, -0.2) is 0 Å². The van der Waals surface area contributed by atoms with E-state index in [1.807, 2.05) is 6.92 Å². The maximum absolute atomic E-state index is 12.6. The molecule has 1 aliphatic rings. The standard InChI is InChI=1S/C14H18BrN3O2/c1-8-2-3-9(13(17)19)7-18(8)14(20)11-5-4-10(15)6-12(11)16/h4-6,8-9H,2-3,7,16H2,1H3,(H2,17,19). The number of carbonyl (C=O) groups excluding carboxylic acids is 2. The molecule has 20 heavy (non-hydrogen) atoms. The molecule has 1 aromatic rings. The normalized spacial score (nSPS) is 22.6. The molecule has 0 radical (unpaired) electrons. The number of anilines is 1. The van der Waals surface area contributed by atoms with E-state index in [1.165, 1.54) is 0 Å². The minimum absolute atomic E-state index is 0.0844. The van der Waals surface area contributed by atoms with Gasteiger partial charge in [-0.3, -0.25) is 9.59 Å². The molecule has 0 saturated carbocycles. The van der Waals surface area contributed by atoms with Gasteiger partial charge in [0.15, 0.2) is 0 Å². The quantitative estimate of drug-likeness (QED) is 0.804. The molecule has 2 atom stereocenters. The van der Waals surface area contributed by atoms with Crippen molar-refractivity contribution in [3.05, 3.63) is 28.2 Å². The molecule has 1 fully saturated rings. The van der Waals surface area contributed by atoms with Crippen LogP contribution < -0.4 is 11.5 Å². The molecular weight excluding hydrogens is 322 g/mol. The Bertz CT molecular complexity index is 547. The Balaban J connectivity index is 2.24. The molecule has 0 spiro atoms. The smallest absolute Gasteiger partial charge is 0.256 e. The van der Waals surface area contributed by atoms with Gasteiger partial charge in [-0.05, 0) is 38.0 Å². The van der Waals surface area contributed by atoms with E-state index < -0.39 is 0 Å². The zero-order valence-corrected chi connectivity index (χ0v) is 12.9. The van der Waals surface area contributed by atoms with Gasteiger partial charge in [0.1, 0.15) is 0 Å². The number of piperidine rings is 1.